The summed E-state index contributed by atoms with van der Waals surface area (Å²) in [5.74, 6) is 6.50. The fourth-order valence-corrected chi connectivity index (χ4v) is 5.29. The highest BCUT2D eigenvalue weighted by Crippen LogP contribution is 2.72. The average molecular weight is 206 g/mol. The molecule has 0 radical (unpaired) electrons. The minimum absolute atomic E-state index is 0.727. The molecule has 0 bridgehead atoms. The Balaban J connectivity index is 1.84. The maximum atomic E-state index is 2.60. The van der Waals surface area contributed by atoms with E-state index in [1.807, 2.05) is 0 Å². The van der Waals surface area contributed by atoms with Gasteiger partial charge in [-0.2, -0.15) is 0 Å². The molecule has 3 rings (SSSR count). The Labute approximate surface area is 94.8 Å². The van der Waals surface area contributed by atoms with Crippen molar-refractivity contribution in [2.75, 3.05) is 0 Å². The van der Waals surface area contributed by atoms with Crippen LogP contribution in [0, 0.1) is 40.9 Å². The van der Waals surface area contributed by atoms with E-state index >= 15 is 0 Å². The molecule has 86 valence electrons. The molecule has 0 aromatic heterocycles. The maximum absolute atomic E-state index is 2.60. The second-order valence-corrected chi connectivity index (χ2v) is 7.00. The lowest BCUT2D eigenvalue weighted by Crippen LogP contribution is -2.55. The van der Waals surface area contributed by atoms with Crippen LogP contribution in [0.15, 0.2) is 0 Å². The van der Waals surface area contributed by atoms with Crippen LogP contribution in [-0.2, 0) is 0 Å². The fourth-order valence-electron chi connectivity index (χ4n) is 5.29. The number of fused-ring (bicyclic) bond motifs is 1. The van der Waals surface area contributed by atoms with Crippen molar-refractivity contribution in [1.82, 2.24) is 0 Å². The first-order valence-electron chi connectivity index (χ1n) is 7.09. The van der Waals surface area contributed by atoms with E-state index in [0.29, 0.717) is 0 Å². The first-order chi connectivity index (χ1) is 7.09. The van der Waals surface area contributed by atoms with E-state index in [1.54, 1.807) is 0 Å². The molecule has 0 amide bonds. The highest BCUT2D eigenvalue weighted by molar-refractivity contribution is 5.14. The van der Waals surface area contributed by atoms with Gasteiger partial charge in [0.25, 0.3) is 0 Å². The lowest BCUT2D eigenvalue weighted by molar-refractivity contribution is -0.123. The van der Waals surface area contributed by atoms with Gasteiger partial charge < -0.3 is 0 Å². The van der Waals surface area contributed by atoms with Crippen LogP contribution >= 0.6 is 0 Å². The molecule has 0 aliphatic heterocycles. The van der Waals surface area contributed by atoms with Crippen molar-refractivity contribution in [2.24, 2.45) is 40.9 Å². The van der Waals surface area contributed by atoms with E-state index in [4.69, 9.17) is 0 Å². The van der Waals surface area contributed by atoms with Gasteiger partial charge >= 0.3 is 0 Å². The molecule has 3 fully saturated rings. The Kier molecular flexibility index (Phi) is 2.05. The van der Waals surface area contributed by atoms with Gasteiger partial charge in [-0.25, -0.2) is 0 Å². The number of hydrogen-bond acceptors (Lipinski definition) is 0. The topological polar surface area (TPSA) is 0 Å². The molecule has 3 aliphatic carbocycles. The van der Waals surface area contributed by atoms with Crippen molar-refractivity contribution < 1.29 is 0 Å². The minimum Gasteiger partial charge on any atom is -0.0648 e. The first-order valence-corrected chi connectivity index (χ1v) is 7.09. The van der Waals surface area contributed by atoms with Crippen LogP contribution in [0.1, 0.15) is 53.4 Å². The quantitative estimate of drug-likeness (QED) is 0.630. The zero-order chi connectivity index (χ0) is 10.8. The largest absolute Gasteiger partial charge is 0.0648 e. The van der Waals surface area contributed by atoms with Gasteiger partial charge in [0.1, 0.15) is 0 Å². The highest BCUT2D eigenvalue weighted by atomic mass is 14.7. The van der Waals surface area contributed by atoms with Gasteiger partial charge in [0.05, 0.1) is 0 Å². The monoisotopic (exact) mass is 206 g/mol. The molecule has 0 spiro atoms. The van der Waals surface area contributed by atoms with Crippen molar-refractivity contribution in [3.05, 3.63) is 0 Å². The predicted octanol–water partition coefficient (Wildman–Crippen LogP) is 4.35. The first kappa shape index (κ1) is 10.2. The molecule has 0 heteroatoms. The SMILES string of the molecule is CCC1(C)C2CCC(C)C2C1C1CC1C. The summed E-state index contributed by atoms with van der Waals surface area (Å²) in [7, 11) is 0. The van der Waals surface area contributed by atoms with Crippen LogP contribution < -0.4 is 0 Å². The molecule has 0 nitrogen and oxygen atoms in total. The Bertz CT molecular complexity index is 269. The second kappa shape index (κ2) is 3.02. The van der Waals surface area contributed by atoms with Gasteiger partial charge in [0.15, 0.2) is 0 Å². The number of hydrogen-bond donors (Lipinski definition) is 0. The van der Waals surface area contributed by atoms with Crippen molar-refractivity contribution in [3.8, 4) is 0 Å². The normalized spacial score (nSPS) is 62.4. The Morgan fingerprint density at radius 3 is 2.33 bits per heavy atom. The van der Waals surface area contributed by atoms with E-state index in [2.05, 4.69) is 27.7 Å². The molecule has 7 unspecified atom stereocenters. The summed E-state index contributed by atoms with van der Waals surface area (Å²) in [6.45, 7) is 10.0. The van der Waals surface area contributed by atoms with Crippen molar-refractivity contribution in [3.63, 3.8) is 0 Å². The van der Waals surface area contributed by atoms with Crippen LogP contribution in [0.25, 0.3) is 0 Å². The fraction of sp³-hybridized carbons (Fsp3) is 1.00. The summed E-state index contributed by atoms with van der Waals surface area (Å²) in [6.07, 6.45) is 6.02. The van der Waals surface area contributed by atoms with E-state index < -0.39 is 0 Å². The predicted molar refractivity (Wildman–Crippen MR) is 64.5 cm³/mol. The Morgan fingerprint density at radius 1 is 1.13 bits per heavy atom. The van der Waals surface area contributed by atoms with Gasteiger partial charge in [0.2, 0.25) is 0 Å². The molecule has 3 aliphatic rings. The van der Waals surface area contributed by atoms with E-state index in [0.717, 1.165) is 40.9 Å². The third kappa shape index (κ3) is 1.14. The van der Waals surface area contributed by atoms with Gasteiger partial charge in [-0.1, -0.05) is 40.5 Å². The summed E-state index contributed by atoms with van der Waals surface area (Å²) >= 11 is 0. The molecular weight excluding hydrogens is 180 g/mol. The summed E-state index contributed by atoms with van der Waals surface area (Å²) in [4.78, 5) is 0. The van der Waals surface area contributed by atoms with Crippen LogP contribution in [-0.4, -0.2) is 0 Å². The zero-order valence-corrected chi connectivity index (χ0v) is 10.8. The maximum Gasteiger partial charge on any atom is -0.0263 e. The summed E-state index contributed by atoms with van der Waals surface area (Å²) < 4.78 is 0. The second-order valence-electron chi connectivity index (χ2n) is 7.00. The van der Waals surface area contributed by atoms with Gasteiger partial charge in [0, 0.05) is 0 Å². The highest BCUT2D eigenvalue weighted by Gasteiger charge is 2.66. The molecule has 0 N–H and O–H groups in total. The van der Waals surface area contributed by atoms with Gasteiger partial charge in [-0.05, 0) is 53.8 Å². The van der Waals surface area contributed by atoms with E-state index in [9.17, 15) is 0 Å². The van der Waals surface area contributed by atoms with Gasteiger partial charge in [-0.3, -0.25) is 0 Å². The molecule has 7 atom stereocenters. The van der Waals surface area contributed by atoms with E-state index in [-0.39, 0.29) is 0 Å². The smallest absolute Gasteiger partial charge is 0.0263 e. The molecular formula is C15H26. The molecule has 0 saturated heterocycles. The van der Waals surface area contributed by atoms with Crippen LogP contribution in [0.2, 0.25) is 0 Å². The van der Waals surface area contributed by atoms with Crippen molar-refractivity contribution >= 4 is 0 Å². The van der Waals surface area contributed by atoms with Crippen molar-refractivity contribution in [2.45, 2.75) is 53.4 Å². The van der Waals surface area contributed by atoms with Crippen LogP contribution in [0.4, 0.5) is 0 Å². The Hall–Kier alpha value is 0. The standard InChI is InChI=1S/C15H26/c1-5-15(4)12-7-6-9(2)13(12)14(15)11-8-10(11)3/h9-14H,5-8H2,1-4H3. The average Bonchev–Trinajstić information content (AvgIpc) is 2.78. The lowest BCUT2D eigenvalue weighted by Gasteiger charge is -2.60. The van der Waals surface area contributed by atoms with Gasteiger partial charge in [-0.15, -0.1) is 0 Å². The molecule has 0 aromatic rings. The van der Waals surface area contributed by atoms with Crippen molar-refractivity contribution in [1.29, 1.82) is 0 Å². The summed E-state index contributed by atoms with van der Waals surface area (Å²) in [6, 6.07) is 0. The lowest BCUT2D eigenvalue weighted by atomic mass is 9.45. The van der Waals surface area contributed by atoms with Crippen LogP contribution in [0.3, 0.4) is 0 Å². The summed E-state index contributed by atoms with van der Waals surface area (Å²) in [5, 5.41) is 0. The summed E-state index contributed by atoms with van der Waals surface area (Å²) in [5.41, 5.74) is 0.727. The third-order valence-electron chi connectivity index (χ3n) is 6.47. The van der Waals surface area contributed by atoms with Crippen LogP contribution in [0.5, 0.6) is 0 Å². The molecule has 3 saturated carbocycles. The molecule has 15 heavy (non-hydrogen) atoms. The Morgan fingerprint density at radius 2 is 1.80 bits per heavy atom. The van der Waals surface area contributed by atoms with E-state index in [1.165, 1.54) is 25.7 Å². The third-order valence-corrected chi connectivity index (χ3v) is 6.47. The number of rotatable bonds is 2. The molecule has 0 heterocycles. The zero-order valence-electron chi connectivity index (χ0n) is 10.8. The minimum atomic E-state index is 0.727. The molecule has 0 aromatic carbocycles.